The Bertz CT molecular complexity index is 602. The minimum absolute atomic E-state index is 0.0365. The largest absolute Gasteiger partial charge is 0.355 e. The second kappa shape index (κ2) is 7.09. The summed E-state index contributed by atoms with van der Waals surface area (Å²) in [6.07, 6.45) is 0. The van der Waals surface area contributed by atoms with Crippen molar-refractivity contribution in [3.63, 3.8) is 0 Å². The average Bonchev–Trinajstić information content (AvgIpc) is 2.75. The monoisotopic (exact) mass is 285 g/mol. The Balaban J connectivity index is 2.08. The van der Waals surface area contributed by atoms with Crippen molar-refractivity contribution in [2.45, 2.75) is 27.3 Å². The third-order valence-electron chi connectivity index (χ3n) is 3.53. The van der Waals surface area contributed by atoms with Gasteiger partial charge in [-0.3, -0.25) is 4.79 Å². The van der Waals surface area contributed by atoms with Gasteiger partial charge < -0.3 is 15.2 Å². The Hall–Kier alpha value is -2.07. The fourth-order valence-electron chi connectivity index (χ4n) is 2.55. The number of amides is 1. The van der Waals surface area contributed by atoms with Gasteiger partial charge in [-0.2, -0.15) is 0 Å². The maximum atomic E-state index is 11.4. The maximum absolute atomic E-state index is 11.4. The Morgan fingerprint density at radius 2 is 1.90 bits per heavy atom. The normalized spacial score (nSPS) is 10.6. The lowest BCUT2D eigenvalue weighted by Crippen LogP contribution is -2.33. The molecule has 0 bridgehead atoms. The van der Waals surface area contributed by atoms with Gasteiger partial charge in [0.25, 0.3) is 0 Å². The number of carbonyl (C=O) groups is 1. The van der Waals surface area contributed by atoms with Crippen molar-refractivity contribution < 1.29 is 4.79 Å². The summed E-state index contributed by atoms with van der Waals surface area (Å²) in [5.74, 6) is 0.0365. The molecule has 0 aliphatic heterocycles. The van der Waals surface area contributed by atoms with E-state index >= 15 is 0 Å². The molecule has 2 rings (SSSR count). The molecular formula is C17H23N3O. The van der Waals surface area contributed by atoms with E-state index in [-0.39, 0.29) is 5.91 Å². The zero-order valence-electron chi connectivity index (χ0n) is 12.9. The van der Waals surface area contributed by atoms with E-state index in [9.17, 15) is 4.79 Å². The molecule has 21 heavy (non-hydrogen) atoms. The fourth-order valence-corrected chi connectivity index (χ4v) is 2.55. The predicted octanol–water partition coefficient (Wildman–Crippen LogP) is 2.32. The molecule has 0 fully saturated rings. The molecule has 0 unspecified atom stereocenters. The summed E-state index contributed by atoms with van der Waals surface area (Å²) in [5, 5.41) is 5.98. The first-order valence-electron chi connectivity index (χ1n) is 7.34. The SMILES string of the molecule is CCNC(=O)CNCc1cc(C)n(-c2ccccc2)c1C. The molecule has 0 aliphatic rings. The summed E-state index contributed by atoms with van der Waals surface area (Å²) in [7, 11) is 0. The quantitative estimate of drug-likeness (QED) is 0.855. The molecule has 0 atom stereocenters. The predicted molar refractivity (Wildman–Crippen MR) is 85.6 cm³/mol. The lowest BCUT2D eigenvalue weighted by Gasteiger charge is -2.10. The van der Waals surface area contributed by atoms with Gasteiger partial charge in [0.15, 0.2) is 0 Å². The highest BCUT2D eigenvalue weighted by Crippen LogP contribution is 2.20. The van der Waals surface area contributed by atoms with Crippen LogP contribution in [-0.2, 0) is 11.3 Å². The molecule has 2 N–H and O–H groups in total. The molecule has 0 saturated heterocycles. The standard InChI is InChI=1S/C17H23N3O/c1-4-19-17(21)12-18-11-15-10-13(2)20(14(15)3)16-8-6-5-7-9-16/h5-10,18H,4,11-12H2,1-3H3,(H,19,21). The van der Waals surface area contributed by atoms with Crippen molar-refractivity contribution in [1.29, 1.82) is 0 Å². The Labute approximate surface area is 126 Å². The second-order valence-electron chi connectivity index (χ2n) is 5.12. The first kappa shape index (κ1) is 15.3. The van der Waals surface area contributed by atoms with Crippen molar-refractivity contribution >= 4 is 5.91 Å². The Morgan fingerprint density at radius 3 is 2.57 bits per heavy atom. The number of nitrogens with zero attached hydrogens (tertiary/aromatic N) is 1. The molecule has 1 aromatic carbocycles. The van der Waals surface area contributed by atoms with E-state index in [2.05, 4.69) is 47.2 Å². The number of likely N-dealkylation sites (N-methyl/N-ethyl adjacent to an activating group) is 1. The van der Waals surface area contributed by atoms with Crippen LogP contribution in [0.4, 0.5) is 0 Å². The Kier molecular flexibility index (Phi) is 5.17. The summed E-state index contributed by atoms with van der Waals surface area (Å²) in [5.41, 5.74) is 4.80. The molecule has 2 aromatic rings. The molecule has 1 heterocycles. The molecular weight excluding hydrogens is 262 g/mol. The Morgan fingerprint density at radius 1 is 1.19 bits per heavy atom. The first-order chi connectivity index (χ1) is 10.1. The van der Waals surface area contributed by atoms with Gasteiger partial charge in [-0.25, -0.2) is 0 Å². The van der Waals surface area contributed by atoms with Crippen LogP contribution < -0.4 is 10.6 Å². The van der Waals surface area contributed by atoms with E-state index in [0.29, 0.717) is 19.6 Å². The van der Waals surface area contributed by atoms with Gasteiger partial charge in [-0.05, 0) is 44.5 Å². The van der Waals surface area contributed by atoms with Crippen LogP contribution in [0.2, 0.25) is 0 Å². The minimum atomic E-state index is 0.0365. The highest BCUT2D eigenvalue weighted by atomic mass is 16.1. The number of hydrogen-bond donors (Lipinski definition) is 2. The van der Waals surface area contributed by atoms with E-state index in [1.807, 2.05) is 25.1 Å². The molecule has 0 spiro atoms. The van der Waals surface area contributed by atoms with Gasteiger partial charge in [0, 0.05) is 30.2 Å². The third-order valence-corrected chi connectivity index (χ3v) is 3.53. The highest BCUT2D eigenvalue weighted by Gasteiger charge is 2.10. The lowest BCUT2D eigenvalue weighted by molar-refractivity contribution is -0.120. The van der Waals surface area contributed by atoms with Crippen LogP contribution >= 0.6 is 0 Å². The topological polar surface area (TPSA) is 46.1 Å². The number of aryl methyl sites for hydroxylation is 1. The summed E-state index contributed by atoms with van der Waals surface area (Å²) in [6, 6.07) is 12.5. The lowest BCUT2D eigenvalue weighted by atomic mass is 10.2. The number of benzene rings is 1. The number of rotatable bonds is 6. The zero-order valence-corrected chi connectivity index (χ0v) is 12.9. The molecule has 1 amide bonds. The highest BCUT2D eigenvalue weighted by molar-refractivity contribution is 5.77. The van der Waals surface area contributed by atoms with E-state index in [0.717, 1.165) is 0 Å². The minimum Gasteiger partial charge on any atom is -0.355 e. The smallest absolute Gasteiger partial charge is 0.233 e. The summed E-state index contributed by atoms with van der Waals surface area (Å²) in [6.45, 7) is 7.86. The molecule has 112 valence electrons. The van der Waals surface area contributed by atoms with E-state index in [1.54, 1.807) is 0 Å². The second-order valence-corrected chi connectivity index (χ2v) is 5.12. The first-order valence-corrected chi connectivity index (χ1v) is 7.34. The van der Waals surface area contributed by atoms with Crippen molar-refractivity contribution in [1.82, 2.24) is 15.2 Å². The van der Waals surface area contributed by atoms with E-state index in [1.165, 1.54) is 22.6 Å². The maximum Gasteiger partial charge on any atom is 0.233 e. The summed E-state index contributed by atoms with van der Waals surface area (Å²) < 4.78 is 2.24. The van der Waals surface area contributed by atoms with Crippen LogP contribution in [0.25, 0.3) is 5.69 Å². The van der Waals surface area contributed by atoms with Crippen LogP contribution in [0, 0.1) is 13.8 Å². The summed E-state index contributed by atoms with van der Waals surface area (Å²) in [4.78, 5) is 11.4. The average molecular weight is 285 g/mol. The van der Waals surface area contributed by atoms with Crippen molar-refractivity contribution in [3.05, 3.63) is 53.3 Å². The van der Waals surface area contributed by atoms with Crippen LogP contribution in [0.3, 0.4) is 0 Å². The molecule has 4 heteroatoms. The number of nitrogens with one attached hydrogen (secondary N) is 2. The molecule has 0 radical (unpaired) electrons. The molecule has 0 saturated carbocycles. The number of hydrogen-bond acceptors (Lipinski definition) is 2. The molecule has 4 nitrogen and oxygen atoms in total. The van der Waals surface area contributed by atoms with Crippen LogP contribution in [0.15, 0.2) is 36.4 Å². The van der Waals surface area contributed by atoms with Crippen molar-refractivity contribution in [2.24, 2.45) is 0 Å². The third kappa shape index (κ3) is 3.73. The van der Waals surface area contributed by atoms with Crippen molar-refractivity contribution in [3.8, 4) is 5.69 Å². The van der Waals surface area contributed by atoms with Crippen LogP contribution in [-0.4, -0.2) is 23.6 Å². The molecule has 1 aromatic heterocycles. The van der Waals surface area contributed by atoms with Crippen LogP contribution in [0.1, 0.15) is 23.9 Å². The van der Waals surface area contributed by atoms with Crippen LogP contribution in [0.5, 0.6) is 0 Å². The van der Waals surface area contributed by atoms with Gasteiger partial charge in [0.2, 0.25) is 5.91 Å². The van der Waals surface area contributed by atoms with Crippen molar-refractivity contribution in [2.75, 3.05) is 13.1 Å². The van der Waals surface area contributed by atoms with Gasteiger partial charge in [0.05, 0.1) is 6.54 Å². The molecule has 0 aliphatic carbocycles. The van der Waals surface area contributed by atoms with E-state index < -0.39 is 0 Å². The van der Waals surface area contributed by atoms with Gasteiger partial charge in [0.1, 0.15) is 0 Å². The van der Waals surface area contributed by atoms with Gasteiger partial charge in [-0.1, -0.05) is 18.2 Å². The van der Waals surface area contributed by atoms with Gasteiger partial charge in [-0.15, -0.1) is 0 Å². The number of carbonyl (C=O) groups excluding carboxylic acids is 1. The fraction of sp³-hybridized carbons (Fsp3) is 0.353. The van der Waals surface area contributed by atoms with Gasteiger partial charge >= 0.3 is 0 Å². The van der Waals surface area contributed by atoms with E-state index in [4.69, 9.17) is 0 Å². The zero-order chi connectivity index (χ0) is 15.2. The number of para-hydroxylation sites is 1. The number of aromatic nitrogens is 1. The summed E-state index contributed by atoms with van der Waals surface area (Å²) >= 11 is 0.